The number of halogens is 1. The van der Waals surface area contributed by atoms with Crippen molar-refractivity contribution in [3.8, 4) is 11.5 Å². The quantitative estimate of drug-likeness (QED) is 0.923. The predicted molar refractivity (Wildman–Crippen MR) is 87.7 cm³/mol. The lowest BCUT2D eigenvalue weighted by molar-refractivity contribution is 0.354. The van der Waals surface area contributed by atoms with Gasteiger partial charge in [0.1, 0.15) is 0 Å². The number of anilines is 1. The fraction of sp³-hybridized carbons (Fsp3) is 0.462. The number of rotatable bonds is 3. The molecule has 6 nitrogen and oxygen atoms in total. The van der Waals surface area contributed by atoms with E-state index in [0.29, 0.717) is 28.0 Å². The lowest BCUT2D eigenvalue weighted by Crippen LogP contribution is -2.21. The van der Waals surface area contributed by atoms with E-state index in [1.165, 1.54) is 0 Å². The molecule has 8 heteroatoms. The van der Waals surface area contributed by atoms with Crippen molar-refractivity contribution in [2.24, 2.45) is 9.36 Å². The molecule has 0 spiro atoms. The first kappa shape index (κ1) is 17.6. The minimum Gasteiger partial charge on any atom is -0.493 e. The molecule has 0 bridgehead atoms. The summed E-state index contributed by atoms with van der Waals surface area (Å²) < 4.78 is 27.4. The molecule has 1 aromatic carbocycles. The van der Waals surface area contributed by atoms with E-state index >= 15 is 0 Å². The molecule has 0 radical (unpaired) electrons. The Morgan fingerprint density at radius 3 is 2.33 bits per heavy atom. The Morgan fingerprint density at radius 2 is 1.81 bits per heavy atom. The maximum absolute atomic E-state index is 12.7. The van der Waals surface area contributed by atoms with Crippen LogP contribution in [0.15, 0.2) is 26.4 Å². The summed E-state index contributed by atoms with van der Waals surface area (Å²) in [4.78, 5) is 4.91. The second-order valence-electron chi connectivity index (χ2n) is 4.77. The van der Waals surface area contributed by atoms with Crippen LogP contribution in [0.4, 0.5) is 5.69 Å². The molecule has 21 heavy (non-hydrogen) atoms. The number of methoxy groups -OCH3 is 2. The first-order chi connectivity index (χ1) is 9.37. The number of hydrogen-bond acceptors (Lipinski definition) is 4. The van der Waals surface area contributed by atoms with Gasteiger partial charge in [0.25, 0.3) is 0 Å². The van der Waals surface area contributed by atoms with Crippen LogP contribution in [0.3, 0.4) is 0 Å². The minimum absolute atomic E-state index is 0. The van der Waals surface area contributed by atoms with E-state index < -0.39 is 9.73 Å². The van der Waals surface area contributed by atoms with Gasteiger partial charge in [0.05, 0.1) is 34.5 Å². The number of fused-ring (bicyclic) bond motifs is 1. The van der Waals surface area contributed by atoms with Crippen molar-refractivity contribution in [1.29, 1.82) is 0 Å². The third-order valence-electron chi connectivity index (χ3n) is 2.78. The lowest BCUT2D eigenvalue weighted by atomic mass is 10.2. The highest BCUT2D eigenvalue weighted by atomic mass is 35.5. The maximum Gasteiger partial charge on any atom is 0.231 e. The van der Waals surface area contributed by atoms with Crippen LogP contribution < -0.4 is 14.8 Å². The van der Waals surface area contributed by atoms with Crippen molar-refractivity contribution in [3.05, 3.63) is 12.1 Å². The SMILES string of the molecule is COc1cc2c(cc1OC)S(C)(=O)=NC(=NC(C)C)N2.Cl. The minimum atomic E-state index is -2.55. The third-order valence-corrected chi connectivity index (χ3v) is 4.46. The molecule has 0 fully saturated rings. The lowest BCUT2D eigenvalue weighted by Gasteiger charge is -2.21. The maximum atomic E-state index is 12.7. The second kappa shape index (κ2) is 6.53. The van der Waals surface area contributed by atoms with E-state index in [1.807, 2.05) is 13.8 Å². The van der Waals surface area contributed by atoms with Crippen molar-refractivity contribution in [1.82, 2.24) is 0 Å². The van der Waals surface area contributed by atoms with E-state index in [1.54, 1.807) is 32.6 Å². The summed E-state index contributed by atoms with van der Waals surface area (Å²) >= 11 is 0. The number of benzene rings is 1. The largest absolute Gasteiger partial charge is 0.493 e. The van der Waals surface area contributed by atoms with Crippen LogP contribution >= 0.6 is 12.4 Å². The zero-order valence-corrected chi connectivity index (χ0v) is 14.3. The van der Waals surface area contributed by atoms with E-state index in [0.717, 1.165) is 0 Å². The Labute approximate surface area is 131 Å². The van der Waals surface area contributed by atoms with Crippen LogP contribution in [0, 0.1) is 0 Å². The van der Waals surface area contributed by atoms with Crippen molar-refractivity contribution in [2.75, 3.05) is 25.8 Å². The van der Waals surface area contributed by atoms with Crippen molar-refractivity contribution in [3.63, 3.8) is 0 Å². The highest BCUT2D eigenvalue weighted by Crippen LogP contribution is 2.37. The normalized spacial score (nSPS) is 21.9. The first-order valence-corrected chi connectivity index (χ1v) is 8.12. The van der Waals surface area contributed by atoms with Gasteiger partial charge in [-0.25, -0.2) is 9.20 Å². The van der Waals surface area contributed by atoms with Crippen LogP contribution in [0.1, 0.15) is 13.8 Å². The highest BCUT2D eigenvalue weighted by Gasteiger charge is 2.23. The molecule has 1 unspecified atom stereocenters. The van der Waals surface area contributed by atoms with Gasteiger partial charge in [0, 0.05) is 24.4 Å². The Kier molecular flexibility index (Phi) is 5.47. The smallest absolute Gasteiger partial charge is 0.231 e. The average molecular weight is 334 g/mol. The van der Waals surface area contributed by atoms with Gasteiger partial charge in [-0.05, 0) is 13.8 Å². The van der Waals surface area contributed by atoms with Crippen molar-refractivity contribution >= 4 is 33.8 Å². The molecular weight excluding hydrogens is 314 g/mol. The van der Waals surface area contributed by atoms with Gasteiger partial charge in [-0.15, -0.1) is 12.4 Å². The second-order valence-corrected chi connectivity index (χ2v) is 7.00. The summed E-state index contributed by atoms with van der Waals surface area (Å²) in [6.07, 6.45) is 1.59. The molecule has 1 aliphatic heterocycles. The number of aliphatic imine (C=N–C) groups is 1. The number of ether oxygens (including phenoxy) is 2. The topological polar surface area (TPSA) is 72.3 Å². The van der Waals surface area contributed by atoms with Gasteiger partial charge >= 0.3 is 0 Å². The third kappa shape index (κ3) is 3.59. The number of nitrogens with one attached hydrogen (secondary N) is 1. The molecule has 1 heterocycles. The fourth-order valence-electron chi connectivity index (χ4n) is 1.93. The van der Waals surface area contributed by atoms with Gasteiger partial charge in [-0.1, -0.05) is 0 Å². The summed E-state index contributed by atoms with van der Waals surface area (Å²) in [6, 6.07) is 3.51. The van der Waals surface area contributed by atoms with E-state index in [2.05, 4.69) is 14.7 Å². The molecule has 1 aliphatic rings. The van der Waals surface area contributed by atoms with Gasteiger partial charge in [-0.3, -0.25) is 0 Å². The van der Waals surface area contributed by atoms with Crippen LogP contribution in [0.2, 0.25) is 0 Å². The average Bonchev–Trinajstić information content (AvgIpc) is 2.35. The molecule has 1 aromatic rings. The Bertz CT molecular complexity index is 679. The summed E-state index contributed by atoms with van der Waals surface area (Å²) in [6.45, 7) is 3.87. The predicted octanol–water partition coefficient (Wildman–Crippen LogP) is 2.77. The number of nitrogens with zero attached hydrogens (tertiary/aromatic N) is 2. The zero-order chi connectivity index (χ0) is 14.9. The number of hydrogen-bond donors (Lipinski definition) is 1. The molecule has 0 amide bonds. The van der Waals surface area contributed by atoms with Gasteiger partial charge in [-0.2, -0.15) is 4.36 Å². The molecule has 1 atom stereocenters. The van der Waals surface area contributed by atoms with E-state index in [9.17, 15) is 4.21 Å². The highest BCUT2D eigenvalue weighted by molar-refractivity contribution is 7.93. The first-order valence-electron chi connectivity index (χ1n) is 6.20. The summed E-state index contributed by atoms with van der Waals surface area (Å²) in [5, 5.41) is 3.08. The van der Waals surface area contributed by atoms with E-state index in [4.69, 9.17) is 9.47 Å². The summed E-state index contributed by atoms with van der Waals surface area (Å²) in [5.41, 5.74) is 0.685. The molecule has 0 aliphatic carbocycles. The van der Waals surface area contributed by atoms with Gasteiger partial charge < -0.3 is 14.8 Å². The number of guanidine groups is 1. The van der Waals surface area contributed by atoms with Crippen LogP contribution in [-0.4, -0.2) is 36.7 Å². The van der Waals surface area contributed by atoms with Crippen LogP contribution in [-0.2, 0) is 9.73 Å². The zero-order valence-electron chi connectivity index (χ0n) is 12.7. The van der Waals surface area contributed by atoms with Crippen LogP contribution in [0.25, 0.3) is 0 Å². The molecule has 0 aromatic heterocycles. The summed E-state index contributed by atoms with van der Waals surface area (Å²) in [5.74, 6) is 1.48. The standard InChI is InChI=1S/C13H19N3O3S.ClH/c1-8(2)14-13-15-9-6-10(18-3)11(19-4)7-12(9)20(5,17)16-13;/h6-8H,1-5H3,(H,14,15,16,17);1H. The van der Waals surface area contributed by atoms with E-state index in [-0.39, 0.29) is 18.4 Å². The Hall–Kier alpha value is -1.47. The van der Waals surface area contributed by atoms with Crippen molar-refractivity contribution in [2.45, 2.75) is 24.8 Å². The van der Waals surface area contributed by atoms with Crippen LogP contribution in [0.5, 0.6) is 11.5 Å². The van der Waals surface area contributed by atoms with Crippen molar-refractivity contribution < 1.29 is 13.7 Å². The molecular formula is C13H20ClN3O3S. The Morgan fingerprint density at radius 1 is 1.24 bits per heavy atom. The molecule has 118 valence electrons. The molecule has 2 rings (SSSR count). The molecule has 0 saturated heterocycles. The monoisotopic (exact) mass is 333 g/mol. The van der Waals surface area contributed by atoms with Gasteiger partial charge in [0.2, 0.25) is 5.96 Å². The summed E-state index contributed by atoms with van der Waals surface area (Å²) in [7, 11) is 0.554. The molecule has 0 saturated carbocycles. The fourth-order valence-corrected chi connectivity index (χ4v) is 3.29. The molecule has 1 N–H and O–H groups in total. The Balaban J connectivity index is 0.00000220. The van der Waals surface area contributed by atoms with Gasteiger partial charge in [0.15, 0.2) is 11.5 Å².